The fourth-order valence-corrected chi connectivity index (χ4v) is 4.22. The number of carbonyl (C=O) groups is 1. The average molecular weight is 332 g/mol. The molecule has 0 spiro atoms. The van der Waals surface area contributed by atoms with E-state index >= 15 is 0 Å². The third-order valence-electron chi connectivity index (χ3n) is 2.62. The number of thiophene rings is 1. The maximum absolute atomic E-state index is 12.1. The molecule has 1 aromatic heterocycles. The highest BCUT2D eigenvalue weighted by Crippen LogP contribution is 2.28. The Morgan fingerprint density at radius 1 is 1.30 bits per heavy atom. The molecule has 0 saturated heterocycles. The molecule has 20 heavy (non-hydrogen) atoms. The van der Waals surface area contributed by atoms with Gasteiger partial charge in [0.2, 0.25) is 0 Å². The van der Waals surface area contributed by atoms with Gasteiger partial charge in [-0.05, 0) is 36.8 Å². The Hall–Kier alpha value is -1.57. The van der Waals surface area contributed by atoms with Crippen LogP contribution in [0.1, 0.15) is 15.9 Å². The van der Waals surface area contributed by atoms with Crippen LogP contribution in [-0.2, 0) is 10.0 Å². The molecule has 2 rings (SSSR count). The molecule has 106 valence electrons. The van der Waals surface area contributed by atoms with Crippen molar-refractivity contribution in [3.05, 3.63) is 45.8 Å². The number of carboxylic acid groups (broad SMARTS) is 1. The second-order valence-electron chi connectivity index (χ2n) is 3.95. The first-order valence-corrected chi connectivity index (χ1v) is 8.10. The van der Waals surface area contributed by atoms with E-state index in [0.717, 1.165) is 11.3 Å². The van der Waals surface area contributed by atoms with Crippen LogP contribution in [0.3, 0.4) is 0 Å². The zero-order chi connectivity index (χ0) is 14.9. The van der Waals surface area contributed by atoms with E-state index < -0.39 is 16.0 Å². The fraction of sp³-hybridized carbons (Fsp3) is 0.0833. The summed E-state index contributed by atoms with van der Waals surface area (Å²) in [6.45, 7) is 1.54. The number of rotatable bonds is 4. The lowest BCUT2D eigenvalue weighted by atomic mass is 10.1. The highest BCUT2D eigenvalue weighted by Gasteiger charge is 2.19. The molecule has 5 nitrogen and oxygen atoms in total. The summed E-state index contributed by atoms with van der Waals surface area (Å²) >= 11 is 6.65. The largest absolute Gasteiger partial charge is 0.478 e. The van der Waals surface area contributed by atoms with Gasteiger partial charge in [-0.1, -0.05) is 17.7 Å². The summed E-state index contributed by atoms with van der Waals surface area (Å²) in [5.74, 6) is -1.11. The lowest BCUT2D eigenvalue weighted by Crippen LogP contribution is -2.13. The van der Waals surface area contributed by atoms with Crippen LogP contribution in [-0.4, -0.2) is 19.5 Å². The monoisotopic (exact) mass is 331 g/mol. The molecule has 0 radical (unpaired) electrons. The number of benzene rings is 1. The van der Waals surface area contributed by atoms with Gasteiger partial charge < -0.3 is 5.11 Å². The molecule has 0 amide bonds. The van der Waals surface area contributed by atoms with Crippen LogP contribution >= 0.6 is 22.9 Å². The van der Waals surface area contributed by atoms with Gasteiger partial charge in [0.15, 0.2) is 0 Å². The topological polar surface area (TPSA) is 83.5 Å². The van der Waals surface area contributed by atoms with Crippen molar-refractivity contribution in [3.63, 3.8) is 0 Å². The van der Waals surface area contributed by atoms with Crippen LogP contribution in [0.2, 0.25) is 4.34 Å². The molecule has 0 aliphatic carbocycles. The molecule has 0 aliphatic heterocycles. The average Bonchev–Trinajstić information content (AvgIpc) is 2.79. The van der Waals surface area contributed by atoms with Gasteiger partial charge >= 0.3 is 5.97 Å². The van der Waals surface area contributed by atoms with Crippen molar-refractivity contribution in [1.29, 1.82) is 0 Å². The predicted molar refractivity (Wildman–Crippen MR) is 78.3 cm³/mol. The Morgan fingerprint density at radius 2 is 2.00 bits per heavy atom. The first kappa shape index (κ1) is 14.8. The number of aromatic carboxylic acids is 1. The molecular weight excluding hydrogens is 322 g/mol. The van der Waals surface area contributed by atoms with E-state index in [2.05, 4.69) is 4.72 Å². The van der Waals surface area contributed by atoms with E-state index in [1.54, 1.807) is 6.92 Å². The number of nitrogens with one attached hydrogen (secondary N) is 1. The Morgan fingerprint density at radius 3 is 2.55 bits per heavy atom. The Bertz CT molecular complexity index is 768. The summed E-state index contributed by atoms with van der Waals surface area (Å²) in [5.41, 5.74) is 0.634. The van der Waals surface area contributed by atoms with Crippen LogP contribution in [0.5, 0.6) is 0 Å². The summed E-state index contributed by atoms with van der Waals surface area (Å²) in [5, 5.41) is 9.02. The van der Waals surface area contributed by atoms with Crippen LogP contribution < -0.4 is 4.72 Å². The molecule has 1 heterocycles. The molecule has 0 saturated carbocycles. The minimum absolute atomic E-state index is 0.0504. The van der Waals surface area contributed by atoms with Crippen LogP contribution in [0, 0.1) is 6.92 Å². The molecule has 2 aromatic rings. The molecule has 0 bridgehead atoms. The van der Waals surface area contributed by atoms with Crippen molar-refractivity contribution < 1.29 is 18.3 Å². The second kappa shape index (κ2) is 5.43. The minimum atomic E-state index is -3.77. The summed E-state index contributed by atoms with van der Waals surface area (Å²) in [6.07, 6.45) is 0. The van der Waals surface area contributed by atoms with Gasteiger partial charge in [0, 0.05) is 0 Å². The molecule has 2 N–H and O–H groups in total. The first-order chi connectivity index (χ1) is 9.31. The van der Waals surface area contributed by atoms with Crippen LogP contribution in [0.4, 0.5) is 5.69 Å². The van der Waals surface area contributed by atoms with Gasteiger partial charge in [-0.3, -0.25) is 4.72 Å². The Balaban J connectivity index is 2.40. The number of anilines is 1. The smallest absolute Gasteiger partial charge is 0.336 e. The summed E-state index contributed by atoms with van der Waals surface area (Å²) in [4.78, 5) is 11.0. The highest BCUT2D eigenvalue weighted by atomic mass is 35.5. The van der Waals surface area contributed by atoms with Crippen molar-refractivity contribution >= 4 is 44.6 Å². The molecule has 8 heteroatoms. The highest BCUT2D eigenvalue weighted by molar-refractivity contribution is 7.94. The van der Waals surface area contributed by atoms with Gasteiger partial charge in [0.25, 0.3) is 10.0 Å². The molecule has 0 aliphatic rings. The van der Waals surface area contributed by atoms with Crippen molar-refractivity contribution in [1.82, 2.24) is 0 Å². The SMILES string of the molecule is Cc1c(NS(=O)(=O)c2ccc(Cl)s2)cccc1C(=O)O. The summed E-state index contributed by atoms with van der Waals surface area (Å²) < 4.78 is 27.1. The Kier molecular flexibility index (Phi) is 4.03. The van der Waals surface area contributed by atoms with Gasteiger partial charge in [0.05, 0.1) is 15.6 Å². The number of sulfonamides is 1. The summed E-state index contributed by atoms with van der Waals surface area (Å²) in [6, 6.07) is 7.29. The van der Waals surface area contributed by atoms with Crippen molar-refractivity contribution in [2.75, 3.05) is 4.72 Å². The van der Waals surface area contributed by atoms with Crippen LogP contribution in [0.15, 0.2) is 34.5 Å². The van der Waals surface area contributed by atoms with Crippen molar-refractivity contribution in [2.45, 2.75) is 11.1 Å². The van der Waals surface area contributed by atoms with Crippen molar-refractivity contribution in [3.8, 4) is 0 Å². The number of hydrogen-bond donors (Lipinski definition) is 2. The lowest BCUT2D eigenvalue weighted by Gasteiger charge is -2.10. The first-order valence-electron chi connectivity index (χ1n) is 5.42. The van der Waals surface area contributed by atoms with Gasteiger partial charge in [-0.15, -0.1) is 11.3 Å². The van der Waals surface area contributed by atoms with Gasteiger partial charge in [-0.2, -0.15) is 0 Å². The predicted octanol–water partition coefficient (Wildman–Crippen LogP) is 3.21. The van der Waals surface area contributed by atoms with Gasteiger partial charge in [-0.25, -0.2) is 13.2 Å². The van der Waals surface area contributed by atoms with E-state index in [4.69, 9.17) is 16.7 Å². The maximum atomic E-state index is 12.1. The quantitative estimate of drug-likeness (QED) is 0.901. The molecular formula is C12H10ClNO4S2. The zero-order valence-electron chi connectivity index (χ0n) is 10.3. The Labute approximate surface area is 124 Å². The third-order valence-corrected chi connectivity index (χ3v) is 5.71. The van der Waals surface area contributed by atoms with Crippen molar-refractivity contribution in [2.24, 2.45) is 0 Å². The van der Waals surface area contributed by atoms with Gasteiger partial charge in [0.1, 0.15) is 4.21 Å². The third kappa shape index (κ3) is 2.95. The molecule has 0 atom stereocenters. The van der Waals surface area contributed by atoms with E-state index in [9.17, 15) is 13.2 Å². The fourth-order valence-electron chi connectivity index (χ4n) is 1.62. The van der Waals surface area contributed by atoms with E-state index in [1.165, 1.54) is 30.3 Å². The number of hydrogen-bond acceptors (Lipinski definition) is 4. The summed E-state index contributed by atoms with van der Waals surface area (Å²) in [7, 11) is -3.77. The lowest BCUT2D eigenvalue weighted by molar-refractivity contribution is 0.0696. The molecule has 1 aromatic carbocycles. The standard InChI is InChI=1S/C12H10ClNO4S2/c1-7-8(12(15)16)3-2-4-9(7)14-20(17,18)11-6-5-10(13)19-11/h2-6,14H,1H3,(H,15,16). The minimum Gasteiger partial charge on any atom is -0.478 e. The second-order valence-corrected chi connectivity index (χ2v) is 7.57. The van der Waals surface area contributed by atoms with E-state index in [0.29, 0.717) is 9.90 Å². The maximum Gasteiger partial charge on any atom is 0.336 e. The zero-order valence-corrected chi connectivity index (χ0v) is 12.6. The number of carboxylic acids is 1. The van der Waals surface area contributed by atoms with E-state index in [1.807, 2.05) is 0 Å². The normalized spacial score (nSPS) is 11.3. The number of halogens is 1. The molecule has 0 unspecified atom stereocenters. The molecule has 0 fully saturated rings. The van der Waals surface area contributed by atoms with E-state index in [-0.39, 0.29) is 15.5 Å². The van der Waals surface area contributed by atoms with Crippen LogP contribution in [0.25, 0.3) is 0 Å².